The molecule has 8 aromatic carbocycles. The third kappa shape index (κ3) is 6.62. The first kappa shape index (κ1) is 34.7. The van der Waals surface area contributed by atoms with Crippen LogP contribution in [0, 0.1) is 0 Å². The number of halogens is 2. The SMILES string of the molecule is Brc1ccccc1-c1ccc(C(OC(c2ccccc2)(c2ccccc2)c2ccc(-c3ccccc3Br)cc2)(c2ccccc2)c2ccccc2)cc1. The van der Waals surface area contributed by atoms with Crippen LogP contribution in [-0.2, 0) is 15.9 Å². The lowest BCUT2D eigenvalue weighted by atomic mass is 9.75. The summed E-state index contributed by atoms with van der Waals surface area (Å²) in [6.45, 7) is 0. The summed E-state index contributed by atoms with van der Waals surface area (Å²) < 4.78 is 10.4. The number of benzene rings is 8. The van der Waals surface area contributed by atoms with E-state index in [9.17, 15) is 0 Å². The van der Waals surface area contributed by atoms with E-state index in [0.29, 0.717) is 0 Å². The van der Waals surface area contributed by atoms with Crippen LogP contribution in [0.25, 0.3) is 22.3 Å². The van der Waals surface area contributed by atoms with Crippen molar-refractivity contribution >= 4 is 31.9 Å². The predicted molar refractivity (Wildman–Crippen MR) is 226 cm³/mol. The summed E-state index contributed by atoms with van der Waals surface area (Å²) in [7, 11) is 0. The zero-order valence-corrected chi connectivity index (χ0v) is 32.1. The lowest BCUT2D eigenvalue weighted by Gasteiger charge is -2.46. The highest BCUT2D eigenvalue weighted by molar-refractivity contribution is 9.11. The highest BCUT2D eigenvalue weighted by Crippen LogP contribution is 2.51. The van der Waals surface area contributed by atoms with Crippen molar-refractivity contribution in [3.05, 3.63) is 261 Å². The van der Waals surface area contributed by atoms with Gasteiger partial charge in [-0.3, -0.25) is 0 Å². The van der Waals surface area contributed by atoms with E-state index >= 15 is 0 Å². The quantitative estimate of drug-likeness (QED) is 0.125. The largest absolute Gasteiger partial charge is 0.340 e. The third-order valence-corrected chi connectivity index (χ3v) is 11.4. The molecule has 0 saturated carbocycles. The summed E-state index contributed by atoms with van der Waals surface area (Å²) >= 11 is 7.56. The standard InChI is InChI=1S/C50H36Br2O/c51-47-27-15-13-25-45(47)37-29-33-43(34-30-37)49(39-17-5-1-6-18-39,40-19-7-2-8-20-40)53-50(41-21-9-3-10-22-41,42-23-11-4-12-24-42)44-35-31-38(32-36-44)46-26-14-16-28-48(46)52/h1-36H. The van der Waals surface area contributed by atoms with Crippen molar-refractivity contribution in [2.24, 2.45) is 0 Å². The summed E-state index contributed by atoms with van der Waals surface area (Å²) in [5.41, 5.74) is 8.56. The molecule has 0 amide bonds. The first-order valence-corrected chi connectivity index (χ1v) is 19.3. The maximum absolute atomic E-state index is 8.26. The van der Waals surface area contributed by atoms with Crippen LogP contribution in [0.4, 0.5) is 0 Å². The van der Waals surface area contributed by atoms with Gasteiger partial charge in [0, 0.05) is 8.95 Å². The van der Waals surface area contributed by atoms with Crippen molar-refractivity contribution in [2.45, 2.75) is 11.2 Å². The van der Waals surface area contributed by atoms with Gasteiger partial charge in [0.25, 0.3) is 0 Å². The highest BCUT2D eigenvalue weighted by atomic mass is 79.9. The maximum Gasteiger partial charge on any atom is 0.145 e. The van der Waals surface area contributed by atoms with Gasteiger partial charge in [-0.2, -0.15) is 0 Å². The minimum absolute atomic E-state index is 1.02. The van der Waals surface area contributed by atoms with E-state index in [4.69, 9.17) is 4.74 Å². The normalized spacial score (nSPS) is 11.7. The average molecular weight is 813 g/mol. The molecule has 53 heavy (non-hydrogen) atoms. The van der Waals surface area contributed by atoms with E-state index in [2.05, 4.69) is 238 Å². The van der Waals surface area contributed by atoms with E-state index in [1.807, 2.05) is 12.1 Å². The Kier molecular flexibility index (Phi) is 10.1. The minimum atomic E-state index is -1.05. The Balaban J connectivity index is 1.43. The first-order valence-electron chi connectivity index (χ1n) is 17.7. The Labute approximate surface area is 328 Å². The number of ether oxygens (including phenoxy) is 1. The smallest absolute Gasteiger partial charge is 0.145 e. The van der Waals surface area contributed by atoms with Gasteiger partial charge in [-0.1, -0.05) is 238 Å². The molecule has 0 radical (unpaired) electrons. The van der Waals surface area contributed by atoms with Gasteiger partial charge in [-0.05, 0) is 67.8 Å². The molecule has 0 aliphatic heterocycles. The Bertz CT molecular complexity index is 2160. The fourth-order valence-corrected chi connectivity index (χ4v) is 8.46. The van der Waals surface area contributed by atoms with Crippen LogP contribution in [0.3, 0.4) is 0 Å². The predicted octanol–water partition coefficient (Wildman–Crippen LogP) is 13.8. The Hall–Kier alpha value is -5.32. The minimum Gasteiger partial charge on any atom is -0.340 e. The average Bonchev–Trinajstić information content (AvgIpc) is 3.23. The first-order chi connectivity index (χ1) is 26.1. The third-order valence-electron chi connectivity index (χ3n) is 9.98. The van der Waals surface area contributed by atoms with Crippen LogP contribution in [0.5, 0.6) is 0 Å². The molecule has 0 spiro atoms. The van der Waals surface area contributed by atoms with Crippen molar-refractivity contribution in [1.82, 2.24) is 0 Å². The summed E-state index contributed by atoms with van der Waals surface area (Å²) in [6.07, 6.45) is 0. The van der Waals surface area contributed by atoms with Gasteiger partial charge < -0.3 is 4.74 Å². The topological polar surface area (TPSA) is 9.23 Å². The van der Waals surface area contributed by atoms with Crippen LogP contribution in [-0.4, -0.2) is 0 Å². The molecule has 0 aliphatic carbocycles. The molecular formula is C50H36Br2O. The molecule has 0 N–H and O–H groups in total. The van der Waals surface area contributed by atoms with Gasteiger partial charge in [-0.15, -0.1) is 0 Å². The van der Waals surface area contributed by atoms with Gasteiger partial charge in [-0.25, -0.2) is 0 Å². The molecule has 256 valence electrons. The molecule has 1 nitrogen and oxygen atoms in total. The molecule has 0 aliphatic rings. The van der Waals surface area contributed by atoms with Gasteiger partial charge >= 0.3 is 0 Å². The fourth-order valence-electron chi connectivity index (χ4n) is 7.43. The molecule has 0 heterocycles. The van der Waals surface area contributed by atoms with Crippen molar-refractivity contribution < 1.29 is 4.74 Å². The lowest BCUT2D eigenvalue weighted by Crippen LogP contribution is -2.44. The monoisotopic (exact) mass is 810 g/mol. The molecule has 3 heteroatoms. The molecule has 0 aromatic heterocycles. The molecule has 0 atom stereocenters. The Morgan fingerprint density at radius 3 is 0.792 bits per heavy atom. The van der Waals surface area contributed by atoms with Crippen LogP contribution >= 0.6 is 31.9 Å². The van der Waals surface area contributed by atoms with E-state index in [1.54, 1.807) is 0 Å². The van der Waals surface area contributed by atoms with Crippen LogP contribution in [0.1, 0.15) is 33.4 Å². The van der Waals surface area contributed by atoms with E-state index in [1.165, 1.54) is 0 Å². The van der Waals surface area contributed by atoms with Gasteiger partial charge in [0.2, 0.25) is 0 Å². The lowest BCUT2D eigenvalue weighted by molar-refractivity contribution is -0.0810. The highest BCUT2D eigenvalue weighted by Gasteiger charge is 2.49. The fraction of sp³-hybridized carbons (Fsp3) is 0.0400. The van der Waals surface area contributed by atoms with E-state index in [0.717, 1.165) is 64.6 Å². The van der Waals surface area contributed by atoms with Gasteiger partial charge in [0.05, 0.1) is 0 Å². The number of hydrogen-bond acceptors (Lipinski definition) is 1. The second-order valence-corrected chi connectivity index (χ2v) is 14.8. The Morgan fingerprint density at radius 1 is 0.264 bits per heavy atom. The molecular weight excluding hydrogens is 776 g/mol. The summed E-state index contributed by atoms with van der Waals surface area (Å²) in [5, 5.41) is 0. The number of rotatable bonds is 10. The van der Waals surface area contributed by atoms with Crippen molar-refractivity contribution in [3.63, 3.8) is 0 Å². The zero-order valence-electron chi connectivity index (χ0n) is 28.9. The van der Waals surface area contributed by atoms with Crippen LogP contribution in [0.2, 0.25) is 0 Å². The van der Waals surface area contributed by atoms with Crippen LogP contribution in [0.15, 0.2) is 227 Å². The van der Waals surface area contributed by atoms with Crippen molar-refractivity contribution in [2.75, 3.05) is 0 Å². The zero-order chi connectivity index (χ0) is 36.1. The second-order valence-electron chi connectivity index (χ2n) is 13.0. The van der Waals surface area contributed by atoms with Gasteiger partial charge in [0.15, 0.2) is 0 Å². The summed E-state index contributed by atoms with van der Waals surface area (Å²) in [5.74, 6) is 0. The molecule has 0 fully saturated rings. The van der Waals surface area contributed by atoms with Crippen molar-refractivity contribution in [1.29, 1.82) is 0 Å². The summed E-state index contributed by atoms with van der Waals surface area (Å²) in [6, 6.07) is 77.0. The number of hydrogen-bond donors (Lipinski definition) is 0. The Morgan fingerprint density at radius 2 is 0.509 bits per heavy atom. The second kappa shape index (κ2) is 15.3. The molecule has 0 saturated heterocycles. The molecule has 0 unspecified atom stereocenters. The molecule has 0 bridgehead atoms. The summed E-state index contributed by atoms with van der Waals surface area (Å²) in [4.78, 5) is 0. The van der Waals surface area contributed by atoms with Crippen molar-refractivity contribution in [3.8, 4) is 22.3 Å². The van der Waals surface area contributed by atoms with Gasteiger partial charge in [0.1, 0.15) is 11.2 Å². The molecule has 8 rings (SSSR count). The molecule has 8 aromatic rings. The van der Waals surface area contributed by atoms with E-state index in [-0.39, 0.29) is 0 Å². The maximum atomic E-state index is 8.26. The van der Waals surface area contributed by atoms with Crippen LogP contribution < -0.4 is 0 Å². The van der Waals surface area contributed by atoms with E-state index < -0.39 is 11.2 Å².